The number of hydrogen-bond acceptors (Lipinski definition) is 6. The molecule has 2 aromatic heterocycles. The van der Waals surface area contributed by atoms with Crippen molar-refractivity contribution < 1.29 is 13.7 Å². The largest absolute Gasteiger partial charge is 0.361 e. The Hall–Kier alpha value is -2.71. The molecule has 1 fully saturated rings. The van der Waals surface area contributed by atoms with Gasteiger partial charge < -0.3 is 9.84 Å². The van der Waals surface area contributed by atoms with Crippen LogP contribution in [0.3, 0.4) is 0 Å². The molecule has 8 heteroatoms. The monoisotopic (exact) mass is 454 g/mol. The molecule has 0 spiro atoms. The van der Waals surface area contributed by atoms with Crippen molar-refractivity contribution in [1.29, 1.82) is 0 Å². The van der Waals surface area contributed by atoms with Crippen LogP contribution in [0.5, 0.6) is 0 Å². The summed E-state index contributed by atoms with van der Waals surface area (Å²) in [5.41, 5.74) is 3.60. The molecule has 1 aliphatic heterocycles. The number of amides is 1. The number of thioether (sulfide) groups is 1. The van der Waals surface area contributed by atoms with E-state index in [0.717, 1.165) is 55.1 Å². The summed E-state index contributed by atoms with van der Waals surface area (Å²) in [6.07, 6.45) is 3.48. The smallest absolute Gasteiger partial charge is 0.254 e. The van der Waals surface area contributed by atoms with Crippen LogP contribution in [0.4, 0.5) is 4.39 Å². The Morgan fingerprint density at radius 1 is 1.22 bits per heavy atom. The molecule has 32 heavy (non-hydrogen) atoms. The van der Waals surface area contributed by atoms with E-state index in [0.29, 0.717) is 16.3 Å². The molecule has 168 valence electrons. The van der Waals surface area contributed by atoms with E-state index in [1.54, 1.807) is 12.3 Å². The minimum atomic E-state index is -0.213. The molecule has 1 amide bonds. The average Bonchev–Trinajstić information content (AvgIpc) is 3.12. The van der Waals surface area contributed by atoms with Crippen LogP contribution >= 0.6 is 11.8 Å². The van der Waals surface area contributed by atoms with E-state index in [1.165, 1.54) is 23.9 Å². The van der Waals surface area contributed by atoms with E-state index < -0.39 is 0 Å². The van der Waals surface area contributed by atoms with Crippen molar-refractivity contribution in [2.45, 2.75) is 50.1 Å². The SMILES string of the molecule is Cc1noc(C)c1CSc1ncccc1C(=O)NC1CCN(Cc2ccc(F)cc2)CC1. The zero-order valence-corrected chi connectivity index (χ0v) is 19.1. The maximum atomic E-state index is 13.1. The molecule has 3 aromatic rings. The molecular formula is C24H27FN4O2S. The van der Waals surface area contributed by atoms with E-state index in [4.69, 9.17) is 4.52 Å². The number of hydrogen-bond donors (Lipinski definition) is 1. The minimum absolute atomic E-state index is 0.0867. The molecule has 0 saturated carbocycles. The van der Waals surface area contributed by atoms with Crippen LogP contribution in [0.1, 0.15) is 45.8 Å². The topological polar surface area (TPSA) is 71.3 Å². The van der Waals surface area contributed by atoms with Gasteiger partial charge in [-0.1, -0.05) is 17.3 Å². The van der Waals surface area contributed by atoms with Gasteiger partial charge in [-0.15, -0.1) is 11.8 Å². The molecule has 1 N–H and O–H groups in total. The second kappa shape index (κ2) is 10.3. The lowest BCUT2D eigenvalue weighted by Gasteiger charge is -2.32. The molecular weight excluding hydrogens is 427 g/mol. The average molecular weight is 455 g/mol. The second-order valence-electron chi connectivity index (χ2n) is 8.10. The van der Waals surface area contributed by atoms with Gasteiger partial charge in [0.1, 0.15) is 16.6 Å². The van der Waals surface area contributed by atoms with Gasteiger partial charge >= 0.3 is 0 Å². The van der Waals surface area contributed by atoms with Crippen molar-refractivity contribution in [3.8, 4) is 0 Å². The van der Waals surface area contributed by atoms with Crippen LogP contribution in [0.25, 0.3) is 0 Å². The fourth-order valence-corrected chi connectivity index (χ4v) is 5.02. The Bertz CT molecular complexity index is 1040. The number of piperidine rings is 1. The van der Waals surface area contributed by atoms with Crippen molar-refractivity contribution in [1.82, 2.24) is 20.4 Å². The third-order valence-electron chi connectivity index (χ3n) is 5.79. The summed E-state index contributed by atoms with van der Waals surface area (Å²) >= 11 is 1.52. The highest BCUT2D eigenvalue weighted by molar-refractivity contribution is 7.98. The fraction of sp³-hybridized carbons (Fsp3) is 0.375. The van der Waals surface area contributed by atoms with Gasteiger partial charge in [-0.3, -0.25) is 9.69 Å². The van der Waals surface area contributed by atoms with E-state index >= 15 is 0 Å². The van der Waals surface area contributed by atoms with Crippen LogP contribution in [-0.2, 0) is 12.3 Å². The zero-order valence-electron chi connectivity index (χ0n) is 18.3. The predicted molar refractivity (Wildman–Crippen MR) is 122 cm³/mol. The number of likely N-dealkylation sites (tertiary alicyclic amines) is 1. The first-order valence-electron chi connectivity index (χ1n) is 10.8. The molecule has 1 aliphatic rings. The third kappa shape index (κ3) is 5.55. The third-order valence-corrected chi connectivity index (χ3v) is 6.82. The van der Waals surface area contributed by atoms with E-state index in [-0.39, 0.29) is 17.8 Å². The van der Waals surface area contributed by atoms with Crippen LogP contribution in [-0.4, -0.2) is 40.1 Å². The predicted octanol–water partition coefficient (Wildman–Crippen LogP) is 4.51. The van der Waals surface area contributed by atoms with Crippen LogP contribution < -0.4 is 5.32 Å². The Morgan fingerprint density at radius 2 is 1.97 bits per heavy atom. The molecule has 0 radical (unpaired) electrons. The van der Waals surface area contributed by atoms with Crippen molar-refractivity contribution in [3.63, 3.8) is 0 Å². The van der Waals surface area contributed by atoms with E-state index in [9.17, 15) is 9.18 Å². The summed E-state index contributed by atoms with van der Waals surface area (Å²) in [5.74, 6) is 1.15. The first-order valence-corrected chi connectivity index (χ1v) is 11.8. The van der Waals surface area contributed by atoms with Crippen molar-refractivity contribution in [3.05, 3.63) is 76.6 Å². The van der Waals surface area contributed by atoms with Crippen molar-refractivity contribution in [2.75, 3.05) is 13.1 Å². The molecule has 0 bridgehead atoms. The second-order valence-corrected chi connectivity index (χ2v) is 9.06. The Labute approximate surface area is 191 Å². The molecule has 0 unspecified atom stereocenters. The summed E-state index contributed by atoms with van der Waals surface area (Å²) < 4.78 is 18.3. The Balaban J connectivity index is 1.31. The number of carbonyl (C=O) groups is 1. The summed E-state index contributed by atoms with van der Waals surface area (Å²) in [4.78, 5) is 19.8. The maximum absolute atomic E-state index is 13.1. The summed E-state index contributed by atoms with van der Waals surface area (Å²) in [6.45, 7) is 6.39. The first kappa shape index (κ1) is 22.5. The van der Waals surface area contributed by atoms with Crippen LogP contribution in [0, 0.1) is 19.7 Å². The maximum Gasteiger partial charge on any atom is 0.254 e. The lowest BCUT2D eigenvalue weighted by Crippen LogP contribution is -2.44. The molecule has 1 saturated heterocycles. The standard InChI is InChI=1S/C24H27FN4O2S/c1-16-22(17(2)31-28-16)15-32-24-21(4-3-11-26-24)23(30)27-20-9-12-29(13-10-20)14-18-5-7-19(25)8-6-18/h3-8,11,20H,9-10,12-15H2,1-2H3,(H,27,30). The number of nitrogens with one attached hydrogen (secondary N) is 1. The minimum Gasteiger partial charge on any atom is -0.361 e. The number of halogens is 1. The van der Waals surface area contributed by atoms with Gasteiger partial charge in [-0.25, -0.2) is 9.37 Å². The zero-order chi connectivity index (χ0) is 22.5. The first-order chi connectivity index (χ1) is 15.5. The van der Waals surface area contributed by atoms with Gasteiger partial charge in [-0.2, -0.15) is 0 Å². The summed E-state index contributed by atoms with van der Waals surface area (Å²) in [7, 11) is 0. The van der Waals surface area contributed by atoms with Crippen molar-refractivity contribution in [2.24, 2.45) is 0 Å². The Kier molecular flexibility index (Phi) is 7.22. The van der Waals surface area contributed by atoms with Gasteiger partial charge in [0.05, 0.1) is 11.3 Å². The summed E-state index contributed by atoms with van der Waals surface area (Å²) in [6, 6.07) is 10.4. The molecule has 6 nitrogen and oxygen atoms in total. The fourth-order valence-electron chi connectivity index (χ4n) is 3.87. The number of pyridine rings is 1. The number of nitrogens with zero attached hydrogens (tertiary/aromatic N) is 3. The van der Waals surface area contributed by atoms with E-state index in [2.05, 4.69) is 20.4 Å². The summed E-state index contributed by atoms with van der Waals surface area (Å²) in [5, 5.41) is 7.88. The van der Waals surface area contributed by atoms with Gasteiger partial charge in [0.2, 0.25) is 0 Å². The lowest BCUT2D eigenvalue weighted by molar-refractivity contribution is 0.0905. The lowest BCUT2D eigenvalue weighted by atomic mass is 10.0. The van der Waals surface area contributed by atoms with Gasteiger partial charge in [-0.05, 0) is 56.5 Å². The molecule has 0 aliphatic carbocycles. The molecule has 1 aromatic carbocycles. The van der Waals surface area contributed by atoms with Crippen LogP contribution in [0.2, 0.25) is 0 Å². The quantitative estimate of drug-likeness (QED) is 0.530. The molecule has 4 rings (SSSR count). The number of aryl methyl sites for hydroxylation is 2. The van der Waals surface area contributed by atoms with Gasteiger partial charge in [0.15, 0.2) is 0 Å². The number of rotatable bonds is 7. The van der Waals surface area contributed by atoms with Gasteiger partial charge in [0, 0.05) is 43.2 Å². The molecule has 3 heterocycles. The highest BCUT2D eigenvalue weighted by Crippen LogP contribution is 2.27. The normalized spacial score (nSPS) is 15.1. The highest BCUT2D eigenvalue weighted by Gasteiger charge is 2.23. The Morgan fingerprint density at radius 3 is 2.66 bits per heavy atom. The number of benzene rings is 1. The van der Waals surface area contributed by atoms with E-state index in [1.807, 2.05) is 32.0 Å². The van der Waals surface area contributed by atoms with Gasteiger partial charge in [0.25, 0.3) is 5.91 Å². The highest BCUT2D eigenvalue weighted by atomic mass is 32.2. The van der Waals surface area contributed by atoms with Crippen molar-refractivity contribution >= 4 is 17.7 Å². The molecule has 0 atom stereocenters. The number of carbonyl (C=O) groups excluding carboxylic acids is 1. The number of aromatic nitrogens is 2. The van der Waals surface area contributed by atoms with Crippen LogP contribution in [0.15, 0.2) is 52.1 Å².